The summed E-state index contributed by atoms with van der Waals surface area (Å²) in [5.41, 5.74) is 0.633. The summed E-state index contributed by atoms with van der Waals surface area (Å²) in [5.74, 6) is -0.385. The number of aryl methyl sites for hydroxylation is 1. The van der Waals surface area contributed by atoms with Crippen molar-refractivity contribution in [2.24, 2.45) is 7.05 Å². The van der Waals surface area contributed by atoms with Crippen LogP contribution in [0.1, 0.15) is 29.0 Å². The van der Waals surface area contributed by atoms with Crippen molar-refractivity contribution in [3.63, 3.8) is 0 Å². The van der Waals surface area contributed by atoms with Gasteiger partial charge >= 0.3 is 0 Å². The van der Waals surface area contributed by atoms with Crippen LogP contribution in [0, 0.1) is 0 Å². The van der Waals surface area contributed by atoms with Gasteiger partial charge in [-0.3, -0.25) is 9.59 Å². The van der Waals surface area contributed by atoms with E-state index in [1.54, 1.807) is 25.1 Å². The molecular formula is C14H13Cl2N3O2. The Morgan fingerprint density at radius 3 is 2.62 bits per heavy atom. The SMILES string of the molecule is C[C@@H](NC(=O)c1ccc(=O)n(C)n1)c1ccc(Cl)cc1Cl. The number of hydrogen-bond donors (Lipinski definition) is 1. The van der Waals surface area contributed by atoms with Gasteiger partial charge in [-0.2, -0.15) is 5.10 Å². The van der Waals surface area contributed by atoms with Crippen molar-refractivity contribution in [3.8, 4) is 0 Å². The average molecular weight is 326 g/mol. The van der Waals surface area contributed by atoms with Gasteiger partial charge < -0.3 is 5.32 Å². The van der Waals surface area contributed by atoms with Crippen molar-refractivity contribution in [3.05, 3.63) is 62.0 Å². The van der Waals surface area contributed by atoms with Crippen LogP contribution in [0.15, 0.2) is 35.1 Å². The van der Waals surface area contributed by atoms with E-state index in [0.29, 0.717) is 10.0 Å². The number of amides is 1. The molecule has 0 spiro atoms. The van der Waals surface area contributed by atoms with Crippen LogP contribution in [0.3, 0.4) is 0 Å². The first-order chi connectivity index (χ1) is 9.88. The summed E-state index contributed by atoms with van der Waals surface area (Å²) < 4.78 is 1.11. The molecule has 7 heteroatoms. The lowest BCUT2D eigenvalue weighted by atomic mass is 10.1. The Labute approximate surface area is 131 Å². The largest absolute Gasteiger partial charge is 0.344 e. The van der Waals surface area contributed by atoms with Crippen molar-refractivity contribution >= 4 is 29.1 Å². The second kappa shape index (κ2) is 6.28. The first kappa shape index (κ1) is 15.5. The zero-order valence-electron chi connectivity index (χ0n) is 11.4. The fourth-order valence-corrected chi connectivity index (χ4v) is 2.40. The van der Waals surface area contributed by atoms with E-state index >= 15 is 0 Å². The van der Waals surface area contributed by atoms with Crippen molar-refractivity contribution < 1.29 is 4.79 Å². The maximum Gasteiger partial charge on any atom is 0.272 e. The Morgan fingerprint density at radius 2 is 2.00 bits per heavy atom. The number of carbonyl (C=O) groups excluding carboxylic acids is 1. The van der Waals surface area contributed by atoms with E-state index < -0.39 is 0 Å². The molecule has 1 N–H and O–H groups in total. The topological polar surface area (TPSA) is 64.0 Å². The van der Waals surface area contributed by atoms with E-state index in [9.17, 15) is 9.59 Å². The number of halogens is 2. The van der Waals surface area contributed by atoms with Crippen molar-refractivity contribution in [2.75, 3.05) is 0 Å². The molecule has 0 aliphatic rings. The highest BCUT2D eigenvalue weighted by molar-refractivity contribution is 6.35. The molecule has 0 saturated heterocycles. The van der Waals surface area contributed by atoms with Gasteiger partial charge in [0.15, 0.2) is 0 Å². The summed E-state index contributed by atoms with van der Waals surface area (Å²) >= 11 is 11.9. The predicted octanol–water partition coefficient (Wildman–Crippen LogP) is 2.58. The fraction of sp³-hybridized carbons (Fsp3) is 0.214. The molecule has 0 aliphatic heterocycles. The summed E-state index contributed by atoms with van der Waals surface area (Å²) in [4.78, 5) is 23.4. The third-order valence-electron chi connectivity index (χ3n) is 2.97. The van der Waals surface area contributed by atoms with Crippen LogP contribution in [-0.2, 0) is 7.05 Å². The molecule has 2 aromatic rings. The summed E-state index contributed by atoms with van der Waals surface area (Å²) in [6.45, 7) is 1.80. The molecule has 0 aliphatic carbocycles. The highest BCUT2D eigenvalue weighted by Gasteiger charge is 2.15. The summed E-state index contributed by atoms with van der Waals surface area (Å²) in [7, 11) is 1.48. The number of carbonyl (C=O) groups is 1. The highest BCUT2D eigenvalue weighted by Crippen LogP contribution is 2.26. The predicted molar refractivity (Wildman–Crippen MR) is 81.8 cm³/mol. The first-order valence-corrected chi connectivity index (χ1v) is 6.94. The third kappa shape index (κ3) is 3.62. The number of nitrogens with one attached hydrogen (secondary N) is 1. The Balaban J connectivity index is 2.18. The Bertz CT molecular complexity index is 743. The van der Waals surface area contributed by atoms with Crippen molar-refractivity contribution in [1.82, 2.24) is 15.1 Å². The molecule has 0 unspecified atom stereocenters. The Morgan fingerprint density at radius 1 is 1.29 bits per heavy atom. The lowest BCUT2D eigenvalue weighted by Gasteiger charge is -2.15. The van der Waals surface area contributed by atoms with Crippen LogP contribution < -0.4 is 10.9 Å². The van der Waals surface area contributed by atoms with E-state index in [1.165, 1.54) is 19.2 Å². The second-order valence-corrected chi connectivity index (χ2v) is 5.39. The fourth-order valence-electron chi connectivity index (χ4n) is 1.82. The maximum absolute atomic E-state index is 12.1. The Kier molecular flexibility index (Phi) is 4.65. The number of rotatable bonds is 3. The van der Waals surface area contributed by atoms with Gasteiger partial charge in [-0.25, -0.2) is 4.68 Å². The lowest BCUT2D eigenvalue weighted by molar-refractivity contribution is 0.0932. The number of nitrogens with zero attached hydrogens (tertiary/aromatic N) is 2. The standard InChI is InChI=1S/C14H13Cl2N3O2/c1-8(10-4-3-9(15)7-11(10)16)17-14(21)12-5-6-13(20)19(2)18-12/h3-8H,1-2H3,(H,17,21)/t8-/m1/s1. The number of aromatic nitrogens is 2. The van der Waals surface area contributed by atoms with Gasteiger partial charge in [0, 0.05) is 23.2 Å². The minimum Gasteiger partial charge on any atom is -0.344 e. The zero-order chi connectivity index (χ0) is 15.6. The molecule has 21 heavy (non-hydrogen) atoms. The van der Waals surface area contributed by atoms with Crippen LogP contribution in [-0.4, -0.2) is 15.7 Å². The monoisotopic (exact) mass is 325 g/mol. The molecule has 0 bridgehead atoms. The molecule has 1 atom stereocenters. The van der Waals surface area contributed by atoms with Crippen LogP contribution in [0.5, 0.6) is 0 Å². The summed E-state index contributed by atoms with van der Waals surface area (Å²) in [5, 5.41) is 7.67. The quantitative estimate of drug-likeness (QED) is 0.943. The van der Waals surface area contributed by atoms with Gasteiger partial charge in [-0.1, -0.05) is 29.3 Å². The second-order valence-electron chi connectivity index (χ2n) is 4.54. The van der Waals surface area contributed by atoms with Gasteiger partial charge in [0.1, 0.15) is 5.69 Å². The van der Waals surface area contributed by atoms with E-state index in [0.717, 1.165) is 10.2 Å². The van der Waals surface area contributed by atoms with Crippen molar-refractivity contribution in [1.29, 1.82) is 0 Å². The molecule has 110 valence electrons. The smallest absolute Gasteiger partial charge is 0.272 e. The van der Waals surface area contributed by atoms with E-state index in [1.807, 2.05) is 0 Å². The minimum absolute atomic E-state index is 0.161. The lowest BCUT2D eigenvalue weighted by Crippen LogP contribution is -2.30. The zero-order valence-corrected chi connectivity index (χ0v) is 12.9. The highest BCUT2D eigenvalue weighted by atomic mass is 35.5. The minimum atomic E-state index is -0.385. The number of benzene rings is 1. The van der Waals surface area contributed by atoms with Gasteiger partial charge in [-0.05, 0) is 30.7 Å². The molecule has 0 radical (unpaired) electrons. The van der Waals surface area contributed by atoms with Crippen LogP contribution in [0.2, 0.25) is 10.0 Å². The molecule has 0 fully saturated rings. The van der Waals surface area contributed by atoms with E-state index in [2.05, 4.69) is 10.4 Å². The van der Waals surface area contributed by atoms with Crippen LogP contribution in [0.25, 0.3) is 0 Å². The molecule has 1 amide bonds. The third-order valence-corrected chi connectivity index (χ3v) is 3.53. The molecular weight excluding hydrogens is 313 g/mol. The van der Waals surface area contributed by atoms with Gasteiger partial charge in [0.05, 0.1) is 6.04 Å². The van der Waals surface area contributed by atoms with E-state index in [-0.39, 0.29) is 23.2 Å². The Hall–Kier alpha value is -1.85. The summed E-state index contributed by atoms with van der Waals surface area (Å²) in [6.07, 6.45) is 0. The average Bonchev–Trinajstić information content (AvgIpc) is 2.41. The molecule has 0 saturated carbocycles. The van der Waals surface area contributed by atoms with Crippen LogP contribution >= 0.6 is 23.2 Å². The molecule has 1 heterocycles. The molecule has 5 nitrogen and oxygen atoms in total. The molecule has 1 aromatic carbocycles. The molecule has 2 rings (SSSR count). The van der Waals surface area contributed by atoms with Gasteiger partial charge in [0.25, 0.3) is 11.5 Å². The maximum atomic E-state index is 12.1. The van der Waals surface area contributed by atoms with Crippen LogP contribution in [0.4, 0.5) is 0 Å². The normalized spacial score (nSPS) is 12.0. The molecule has 1 aromatic heterocycles. The first-order valence-electron chi connectivity index (χ1n) is 6.18. The van der Waals surface area contributed by atoms with Gasteiger partial charge in [-0.15, -0.1) is 0 Å². The number of hydrogen-bond acceptors (Lipinski definition) is 3. The van der Waals surface area contributed by atoms with Crippen molar-refractivity contribution in [2.45, 2.75) is 13.0 Å². The summed E-state index contributed by atoms with van der Waals surface area (Å²) in [6, 6.07) is 7.43. The van der Waals surface area contributed by atoms with E-state index in [4.69, 9.17) is 23.2 Å². The van der Waals surface area contributed by atoms with Gasteiger partial charge in [0.2, 0.25) is 0 Å².